The molecule has 1 aliphatic heterocycles. The summed E-state index contributed by atoms with van der Waals surface area (Å²) in [6.45, 7) is 9.48. The zero-order chi connectivity index (χ0) is 6.85. The van der Waals surface area contributed by atoms with Gasteiger partial charge in [0.05, 0.1) is 0 Å². The van der Waals surface area contributed by atoms with Gasteiger partial charge in [0.25, 0.3) is 0 Å². The molecule has 1 heterocycles. The highest BCUT2D eigenvalue weighted by molar-refractivity contribution is 4.94. The molecule has 1 nitrogen and oxygen atoms in total. The lowest BCUT2D eigenvalue weighted by Gasteiger charge is -2.22. The largest absolute Gasteiger partial charge is 0.373 e. The Bertz CT molecular complexity index is 118. The zero-order valence-corrected chi connectivity index (χ0v) is 6.35. The van der Waals surface area contributed by atoms with Gasteiger partial charge in [0, 0.05) is 18.3 Å². The van der Waals surface area contributed by atoms with Gasteiger partial charge in [-0.15, -0.1) is 0 Å². The van der Waals surface area contributed by atoms with Crippen LogP contribution in [0, 0.1) is 0 Å². The average molecular weight is 125 g/mol. The summed E-state index contributed by atoms with van der Waals surface area (Å²) < 4.78 is 0. The van der Waals surface area contributed by atoms with Crippen LogP contribution in [0.2, 0.25) is 0 Å². The molecule has 0 saturated carbocycles. The summed E-state index contributed by atoms with van der Waals surface area (Å²) in [7, 11) is 0. The quantitative estimate of drug-likeness (QED) is 0.518. The summed E-state index contributed by atoms with van der Waals surface area (Å²) in [5.74, 6) is 0. The van der Waals surface area contributed by atoms with Crippen molar-refractivity contribution in [2.24, 2.45) is 0 Å². The van der Waals surface area contributed by atoms with Crippen molar-refractivity contribution in [3.05, 3.63) is 12.3 Å². The van der Waals surface area contributed by atoms with Crippen molar-refractivity contribution in [2.45, 2.75) is 32.7 Å². The molecule has 1 fully saturated rings. The van der Waals surface area contributed by atoms with E-state index in [1.54, 1.807) is 0 Å². The first kappa shape index (κ1) is 6.66. The lowest BCUT2D eigenvalue weighted by atomic mass is 10.2. The van der Waals surface area contributed by atoms with Crippen LogP contribution in [-0.2, 0) is 0 Å². The van der Waals surface area contributed by atoms with E-state index in [0.717, 1.165) is 6.04 Å². The second-order valence-electron chi connectivity index (χ2n) is 2.92. The SMILES string of the molecule is C=C(C)N1CCC[C@H]1C. The third kappa shape index (κ3) is 1.26. The lowest BCUT2D eigenvalue weighted by molar-refractivity contribution is 0.342. The first-order valence-corrected chi connectivity index (χ1v) is 3.64. The van der Waals surface area contributed by atoms with E-state index in [2.05, 4.69) is 25.3 Å². The summed E-state index contributed by atoms with van der Waals surface area (Å²) >= 11 is 0. The molecule has 0 aliphatic carbocycles. The van der Waals surface area contributed by atoms with Crippen molar-refractivity contribution in [1.82, 2.24) is 4.90 Å². The number of likely N-dealkylation sites (tertiary alicyclic amines) is 1. The molecule has 1 rings (SSSR count). The topological polar surface area (TPSA) is 3.24 Å². The molecule has 0 bridgehead atoms. The van der Waals surface area contributed by atoms with Gasteiger partial charge in [0.1, 0.15) is 0 Å². The van der Waals surface area contributed by atoms with Crippen LogP contribution in [0.15, 0.2) is 12.3 Å². The molecule has 9 heavy (non-hydrogen) atoms. The Balaban J connectivity index is 2.49. The van der Waals surface area contributed by atoms with E-state index in [0.29, 0.717) is 0 Å². The molecular weight excluding hydrogens is 110 g/mol. The predicted octanol–water partition coefficient (Wildman–Crippen LogP) is 2.00. The second kappa shape index (κ2) is 2.42. The lowest BCUT2D eigenvalue weighted by Crippen LogP contribution is -2.23. The number of hydrogen-bond acceptors (Lipinski definition) is 1. The Morgan fingerprint density at radius 3 is 2.56 bits per heavy atom. The highest BCUT2D eigenvalue weighted by Crippen LogP contribution is 2.19. The summed E-state index contributed by atoms with van der Waals surface area (Å²) in [6, 6.07) is 0.738. The van der Waals surface area contributed by atoms with Gasteiger partial charge in [-0.3, -0.25) is 0 Å². The molecule has 1 aliphatic rings. The zero-order valence-electron chi connectivity index (χ0n) is 6.35. The van der Waals surface area contributed by atoms with Crippen LogP contribution in [-0.4, -0.2) is 17.5 Å². The van der Waals surface area contributed by atoms with E-state index >= 15 is 0 Å². The predicted molar refractivity (Wildman–Crippen MR) is 40.2 cm³/mol. The fourth-order valence-electron chi connectivity index (χ4n) is 1.50. The van der Waals surface area contributed by atoms with Crippen molar-refractivity contribution in [1.29, 1.82) is 0 Å². The Labute approximate surface area is 57.4 Å². The Hall–Kier alpha value is -0.460. The molecule has 0 aromatic carbocycles. The molecule has 0 N–H and O–H groups in total. The minimum atomic E-state index is 0.738. The molecule has 0 radical (unpaired) electrons. The fraction of sp³-hybridized carbons (Fsp3) is 0.750. The van der Waals surface area contributed by atoms with E-state index in [9.17, 15) is 0 Å². The summed E-state index contributed by atoms with van der Waals surface area (Å²) in [5, 5.41) is 0. The van der Waals surface area contributed by atoms with Crippen LogP contribution in [0.25, 0.3) is 0 Å². The third-order valence-electron chi connectivity index (χ3n) is 2.04. The molecule has 0 aromatic heterocycles. The molecule has 0 amide bonds. The smallest absolute Gasteiger partial charge is 0.0259 e. The van der Waals surface area contributed by atoms with Crippen molar-refractivity contribution in [2.75, 3.05) is 6.54 Å². The normalized spacial score (nSPS) is 26.9. The summed E-state index contributed by atoms with van der Waals surface area (Å²) in [5.41, 5.74) is 1.22. The van der Waals surface area contributed by atoms with Crippen LogP contribution in [0.1, 0.15) is 26.7 Å². The van der Waals surface area contributed by atoms with Gasteiger partial charge in [-0.2, -0.15) is 0 Å². The minimum absolute atomic E-state index is 0.738. The van der Waals surface area contributed by atoms with Crippen molar-refractivity contribution < 1.29 is 0 Å². The molecule has 1 atom stereocenters. The summed E-state index contributed by atoms with van der Waals surface area (Å²) in [4.78, 5) is 2.38. The van der Waals surface area contributed by atoms with Crippen LogP contribution in [0.4, 0.5) is 0 Å². The summed E-state index contributed by atoms with van der Waals surface area (Å²) in [6.07, 6.45) is 2.68. The average Bonchev–Trinajstić information content (AvgIpc) is 2.13. The van der Waals surface area contributed by atoms with E-state index in [4.69, 9.17) is 0 Å². The highest BCUT2D eigenvalue weighted by Gasteiger charge is 2.18. The van der Waals surface area contributed by atoms with E-state index < -0.39 is 0 Å². The second-order valence-corrected chi connectivity index (χ2v) is 2.92. The Morgan fingerprint density at radius 1 is 1.67 bits per heavy atom. The number of allylic oxidation sites excluding steroid dienone is 1. The first-order chi connectivity index (χ1) is 4.22. The van der Waals surface area contributed by atoms with Gasteiger partial charge in [-0.25, -0.2) is 0 Å². The van der Waals surface area contributed by atoms with Crippen molar-refractivity contribution in [3.8, 4) is 0 Å². The monoisotopic (exact) mass is 125 g/mol. The number of hydrogen-bond donors (Lipinski definition) is 0. The molecule has 0 aromatic rings. The molecule has 52 valence electrons. The highest BCUT2D eigenvalue weighted by atomic mass is 15.2. The minimum Gasteiger partial charge on any atom is -0.373 e. The molecule has 1 saturated heterocycles. The molecule has 0 spiro atoms. The van der Waals surface area contributed by atoms with Crippen LogP contribution < -0.4 is 0 Å². The maximum Gasteiger partial charge on any atom is 0.0259 e. The number of rotatable bonds is 1. The van der Waals surface area contributed by atoms with Crippen LogP contribution in [0.5, 0.6) is 0 Å². The van der Waals surface area contributed by atoms with Gasteiger partial charge in [0.2, 0.25) is 0 Å². The van der Waals surface area contributed by atoms with E-state index in [1.807, 2.05) is 0 Å². The van der Waals surface area contributed by atoms with Gasteiger partial charge in [0.15, 0.2) is 0 Å². The molecular formula is C8H15N. The van der Waals surface area contributed by atoms with Gasteiger partial charge in [-0.1, -0.05) is 6.58 Å². The Morgan fingerprint density at radius 2 is 2.33 bits per heavy atom. The van der Waals surface area contributed by atoms with Gasteiger partial charge >= 0.3 is 0 Å². The van der Waals surface area contributed by atoms with Crippen LogP contribution >= 0.6 is 0 Å². The first-order valence-electron chi connectivity index (χ1n) is 3.64. The number of nitrogens with zero attached hydrogens (tertiary/aromatic N) is 1. The van der Waals surface area contributed by atoms with Gasteiger partial charge in [-0.05, 0) is 26.7 Å². The van der Waals surface area contributed by atoms with E-state index in [-0.39, 0.29) is 0 Å². The molecule has 0 unspecified atom stereocenters. The van der Waals surface area contributed by atoms with Crippen molar-refractivity contribution in [3.63, 3.8) is 0 Å². The van der Waals surface area contributed by atoms with Crippen molar-refractivity contribution >= 4 is 0 Å². The third-order valence-corrected chi connectivity index (χ3v) is 2.04. The van der Waals surface area contributed by atoms with Gasteiger partial charge < -0.3 is 4.90 Å². The Kier molecular flexibility index (Phi) is 1.79. The molecule has 1 heteroatoms. The maximum atomic E-state index is 3.91. The maximum absolute atomic E-state index is 3.91. The standard InChI is InChI=1S/C8H15N/c1-7(2)9-6-4-5-8(9)3/h8H,1,4-6H2,2-3H3/t8-/m1/s1. The fourth-order valence-corrected chi connectivity index (χ4v) is 1.50. The van der Waals surface area contributed by atoms with E-state index in [1.165, 1.54) is 25.1 Å². The van der Waals surface area contributed by atoms with Crippen LogP contribution in [0.3, 0.4) is 0 Å².